The number of rotatable bonds is 6. The molecule has 0 spiro atoms. The van der Waals surface area contributed by atoms with Gasteiger partial charge in [-0.25, -0.2) is 0 Å². The summed E-state index contributed by atoms with van der Waals surface area (Å²) in [5, 5.41) is 0. The highest BCUT2D eigenvalue weighted by Crippen LogP contribution is 2.57. The monoisotopic (exact) mass is 634 g/mol. The van der Waals surface area contributed by atoms with Crippen molar-refractivity contribution in [3.8, 4) is 89.0 Å². The molecule has 0 unspecified atom stereocenters. The molecule has 50 heavy (non-hydrogen) atoms. The van der Waals surface area contributed by atoms with E-state index < -0.39 is 0 Å². The Bertz CT molecular complexity index is 2250. The molecule has 0 N–H and O–H groups in total. The predicted molar refractivity (Wildman–Crippen MR) is 212 cm³/mol. The maximum atomic E-state index is 2.38. The minimum atomic E-state index is 1.19. The van der Waals surface area contributed by atoms with Gasteiger partial charge in [0.2, 0.25) is 0 Å². The minimum Gasteiger partial charge on any atom is -0.0622 e. The van der Waals surface area contributed by atoms with Crippen LogP contribution in [-0.2, 0) is 0 Å². The van der Waals surface area contributed by atoms with Gasteiger partial charge in [-0.3, -0.25) is 0 Å². The molecule has 0 nitrogen and oxygen atoms in total. The molecule has 9 rings (SSSR count). The Morgan fingerprint density at radius 3 is 0.500 bits per heavy atom. The van der Waals surface area contributed by atoms with Gasteiger partial charge in [-0.15, -0.1) is 0 Å². The fourth-order valence-corrected chi connectivity index (χ4v) is 7.62. The zero-order valence-corrected chi connectivity index (χ0v) is 27.6. The van der Waals surface area contributed by atoms with Crippen LogP contribution in [-0.4, -0.2) is 0 Å². The molecule has 5 aromatic rings. The average molecular weight is 635 g/mol. The first-order valence-corrected chi connectivity index (χ1v) is 17.3. The van der Waals surface area contributed by atoms with Crippen LogP contribution >= 0.6 is 0 Å². The topological polar surface area (TPSA) is 0 Å². The van der Waals surface area contributed by atoms with E-state index in [2.05, 4.69) is 206 Å². The van der Waals surface area contributed by atoms with Crippen LogP contribution in [0, 0.1) is 0 Å². The molecular formula is C50H34. The van der Waals surface area contributed by atoms with Crippen LogP contribution in [0.3, 0.4) is 0 Å². The molecule has 234 valence electrons. The first-order chi connectivity index (χ1) is 24.8. The van der Waals surface area contributed by atoms with E-state index in [1.165, 1.54) is 89.0 Å². The standard InChI is InChI=1S/C50H34/c1-7-19-35(20-8-1)45-46(36-21-9-2-10-22-36)48(38-25-13-4-14-26-38)50(44-33-41-29-17-6-18-30-42(41)34-44)49(47(45)37-23-11-3-12-24-37)43-31-39-27-15-5-16-28-40(39)32-43/h1-34H. The molecule has 0 fully saturated rings. The van der Waals surface area contributed by atoms with Gasteiger partial charge in [-0.1, -0.05) is 182 Å². The lowest BCUT2D eigenvalue weighted by Crippen LogP contribution is -2.01. The van der Waals surface area contributed by atoms with Crippen LogP contribution in [0.2, 0.25) is 0 Å². The molecule has 0 heteroatoms. The van der Waals surface area contributed by atoms with Crippen molar-refractivity contribution in [3.05, 3.63) is 206 Å². The molecule has 0 saturated heterocycles. The fourth-order valence-electron chi connectivity index (χ4n) is 7.62. The fraction of sp³-hybridized carbons (Fsp3) is 0. The van der Waals surface area contributed by atoms with Gasteiger partial charge in [-0.2, -0.15) is 0 Å². The van der Waals surface area contributed by atoms with Crippen LogP contribution in [0.5, 0.6) is 0 Å². The second-order valence-electron chi connectivity index (χ2n) is 12.8. The summed E-state index contributed by atoms with van der Waals surface area (Å²) in [7, 11) is 0. The molecule has 0 amide bonds. The third-order valence-corrected chi connectivity index (χ3v) is 9.79. The second-order valence-corrected chi connectivity index (χ2v) is 12.8. The molecule has 0 atom stereocenters. The Labute approximate surface area is 294 Å². The van der Waals surface area contributed by atoms with Crippen molar-refractivity contribution in [1.82, 2.24) is 0 Å². The quantitative estimate of drug-likeness (QED) is 0.171. The van der Waals surface area contributed by atoms with E-state index >= 15 is 0 Å². The van der Waals surface area contributed by atoms with E-state index in [-0.39, 0.29) is 0 Å². The molecule has 0 saturated carbocycles. The summed E-state index contributed by atoms with van der Waals surface area (Å²) in [6.45, 7) is 0. The number of hydrogen-bond acceptors (Lipinski definition) is 0. The van der Waals surface area contributed by atoms with E-state index in [9.17, 15) is 0 Å². The summed E-state index contributed by atoms with van der Waals surface area (Å²) in [6.07, 6.45) is 0. The van der Waals surface area contributed by atoms with E-state index in [0.29, 0.717) is 0 Å². The van der Waals surface area contributed by atoms with Crippen LogP contribution in [0.4, 0.5) is 0 Å². The van der Waals surface area contributed by atoms with E-state index in [4.69, 9.17) is 0 Å². The first-order valence-electron chi connectivity index (χ1n) is 17.3. The number of hydrogen-bond donors (Lipinski definition) is 0. The Hall–Kier alpha value is -6.50. The summed E-state index contributed by atoms with van der Waals surface area (Å²) in [6, 6.07) is 75.1. The maximum absolute atomic E-state index is 2.38. The van der Waals surface area contributed by atoms with Crippen molar-refractivity contribution < 1.29 is 0 Å². The van der Waals surface area contributed by atoms with E-state index in [0.717, 1.165) is 0 Å². The molecule has 0 aliphatic heterocycles. The van der Waals surface area contributed by atoms with Gasteiger partial charge in [0.15, 0.2) is 0 Å². The number of fused-ring (bicyclic) bond motifs is 2. The molecular weight excluding hydrogens is 601 g/mol. The minimum absolute atomic E-state index is 1.19. The Kier molecular flexibility index (Phi) is 7.61. The van der Waals surface area contributed by atoms with Gasteiger partial charge in [0.25, 0.3) is 0 Å². The molecule has 4 aliphatic carbocycles. The van der Waals surface area contributed by atoms with Crippen LogP contribution in [0.1, 0.15) is 0 Å². The second kappa shape index (κ2) is 12.8. The molecule has 0 radical (unpaired) electrons. The largest absolute Gasteiger partial charge is 0.0622 e. The van der Waals surface area contributed by atoms with Crippen LogP contribution in [0.15, 0.2) is 206 Å². The molecule has 0 aromatic heterocycles. The van der Waals surface area contributed by atoms with Gasteiger partial charge in [0.1, 0.15) is 0 Å². The summed E-state index contributed by atoms with van der Waals surface area (Å²) in [5.41, 5.74) is 19.5. The van der Waals surface area contributed by atoms with Crippen molar-refractivity contribution in [1.29, 1.82) is 0 Å². The SMILES string of the molecule is c1ccc2cc(-c3c(-c4ccccc4)c(-c4ccccc4)c(-c4ccccc4)c(-c4ccccc4)c3-c3cc4cccccc-4c3)cc-2cc1. The lowest BCUT2D eigenvalue weighted by atomic mass is 9.74. The zero-order valence-electron chi connectivity index (χ0n) is 27.6. The zero-order chi connectivity index (χ0) is 33.3. The van der Waals surface area contributed by atoms with Gasteiger partial charge in [0, 0.05) is 0 Å². The molecule has 4 aliphatic rings. The average Bonchev–Trinajstić information content (AvgIpc) is 3.61. The first kappa shape index (κ1) is 29.6. The third-order valence-electron chi connectivity index (χ3n) is 9.79. The van der Waals surface area contributed by atoms with Gasteiger partial charge >= 0.3 is 0 Å². The van der Waals surface area contributed by atoms with Crippen LogP contribution in [0.25, 0.3) is 89.0 Å². The summed E-state index contributed by atoms with van der Waals surface area (Å²) in [5.74, 6) is 0. The van der Waals surface area contributed by atoms with Gasteiger partial charge in [-0.05, 0) is 113 Å². The van der Waals surface area contributed by atoms with Crippen molar-refractivity contribution in [2.45, 2.75) is 0 Å². The highest BCUT2D eigenvalue weighted by molar-refractivity contribution is 6.16. The highest BCUT2D eigenvalue weighted by Gasteiger charge is 2.30. The van der Waals surface area contributed by atoms with Gasteiger partial charge < -0.3 is 0 Å². The van der Waals surface area contributed by atoms with E-state index in [1.54, 1.807) is 0 Å². The summed E-state index contributed by atoms with van der Waals surface area (Å²) in [4.78, 5) is 0. The van der Waals surface area contributed by atoms with E-state index in [1.807, 2.05) is 0 Å². The lowest BCUT2D eigenvalue weighted by molar-refractivity contribution is 1.53. The third kappa shape index (κ3) is 5.28. The van der Waals surface area contributed by atoms with Crippen LogP contribution < -0.4 is 0 Å². The normalized spacial score (nSPS) is 11.2. The Morgan fingerprint density at radius 1 is 0.140 bits per heavy atom. The van der Waals surface area contributed by atoms with Crippen molar-refractivity contribution in [2.75, 3.05) is 0 Å². The smallest absolute Gasteiger partial charge is 0.00134 e. The summed E-state index contributed by atoms with van der Waals surface area (Å²) < 4.78 is 0. The Balaban J connectivity index is 1.58. The Morgan fingerprint density at radius 2 is 0.300 bits per heavy atom. The number of benzene rings is 5. The molecule has 5 aromatic carbocycles. The lowest BCUT2D eigenvalue weighted by Gasteiger charge is -2.28. The molecule has 0 heterocycles. The molecule has 0 bridgehead atoms. The van der Waals surface area contributed by atoms with Gasteiger partial charge in [0.05, 0.1) is 0 Å². The van der Waals surface area contributed by atoms with Crippen molar-refractivity contribution in [3.63, 3.8) is 0 Å². The highest BCUT2D eigenvalue weighted by atomic mass is 14.3. The summed E-state index contributed by atoms with van der Waals surface area (Å²) >= 11 is 0. The predicted octanol–water partition coefficient (Wildman–Crippen LogP) is 13.9. The van der Waals surface area contributed by atoms with Crippen molar-refractivity contribution in [2.24, 2.45) is 0 Å². The maximum Gasteiger partial charge on any atom is -0.00134 e. The van der Waals surface area contributed by atoms with Crippen molar-refractivity contribution >= 4 is 0 Å².